The third kappa shape index (κ3) is 5.37. The summed E-state index contributed by atoms with van der Waals surface area (Å²) in [4.78, 5) is 11.3. The Balaban J connectivity index is 1.88. The minimum atomic E-state index is -0.726. The lowest BCUT2D eigenvalue weighted by molar-refractivity contribution is -0.123. The molecule has 3 N–H and O–H groups in total. The minimum absolute atomic E-state index is 0.369. The summed E-state index contributed by atoms with van der Waals surface area (Å²) in [5.41, 5.74) is 6.78. The number of carbonyl (C=O) groups excluding carboxylic acids is 1. The Kier molecular flexibility index (Phi) is 5.80. The standard InChI is InChI=1S/C18H21BrN2O2/c1-18(2,17(20)22)21-11-13-6-8-16(9-7-13)23-12-14-4-3-5-15(19)10-14/h3-10,21H,11-12H2,1-2H3,(H2,20,22). The molecule has 0 atom stereocenters. The second kappa shape index (κ2) is 7.62. The molecular weight excluding hydrogens is 356 g/mol. The van der Waals surface area contributed by atoms with E-state index in [4.69, 9.17) is 10.5 Å². The van der Waals surface area contributed by atoms with Gasteiger partial charge in [0.2, 0.25) is 5.91 Å². The molecule has 0 saturated heterocycles. The van der Waals surface area contributed by atoms with Crippen LogP contribution in [-0.4, -0.2) is 11.4 Å². The van der Waals surface area contributed by atoms with Crippen molar-refractivity contribution in [1.82, 2.24) is 5.32 Å². The number of benzene rings is 2. The van der Waals surface area contributed by atoms with Crippen LogP contribution in [0.1, 0.15) is 25.0 Å². The molecule has 2 aromatic carbocycles. The van der Waals surface area contributed by atoms with E-state index >= 15 is 0 Å². The van der Waals surface area contributed by atoms with Gasteiger partial charge in [-0.25, -0.2) is 0 Å². The fraction of sp³-hybridized carbons (Fsp3) is 0.278. The van der Waals surface area contributed by atoms with Gasteiger partial charge in [-0.1, -0.05) is 40.2 Å². The fourth-order valence-electron chi connectivity index (χ4n) is 1.91. The Bertz CT molecular complexity index is 669. The van der Waals surface area contributed by atoms with Crippen molar-refractivity contribution < 1.29 is 9.53 Å². The molecule has 0 aliphatic rings. The van der Waals surface area contributed by atoms with Crippen LogP contribution in [0.25, 0.3) is 0 Å². The molecule has 0 aliphatic heterocycles. The average Bonchev–Trinajstić information content (AvgIpc) is 2.52. The van der Waals surface area contributed by atoms with Gasteiger partial charge in [0.05, 0.1) is 5.54 Å². The fourth-order valence-corrected chi connectivity index (χ4v) is 2.35. The Morgan fingerprint density at radius 2 is 1.87 bits per heavy atom. The molecule has 1 amide bonds. The number of rotatable bonds is 7. The van der Waals surface area contributed by atoms with Crippen molar-refractivity contribution in [2.75, 3.05) is 0 Å². The first kappa shape index (κ1) is 17.5. The Labute approximate surface area is 145 Å². The van der Waals surface area contributed by atoms with Crippen LogP contribution in [0.15, 0.2) is 53.0 Å². The molecule has 0 aromatic heterocycles. The van der Waals surface area contributed by atoms with Crippen LogP contribution in [0.4, 0.5) is 0 Å². The molecule has 2 aromatic rings. The van der Waals surface area contributed by atoms with E-state index in [2.05, 4.69) is 21.2 Å². The zero-order valence-corrected chi connectivity index (χ0v) is 14.9. The summed E-state index contributed by atoms with van der Waals surface area (Å²) in [5, 5.41) is 3.14. The number of amides is 1. The first-order valence-corrected chi connectivity index (χ1v) is 8.17. The van der Waals surface area contributed by atoms with Crippen LogP contribution in [0.3, 0.4) is 0 Å². The van der Waals surface area contributed by atoms with Gasteiger partial charge in [-0.15, -0.1) is 0 Å². The summed E-state index contributed by atoms with van der Waals surface area (Å²) in [7, 11) is 0. The Hall–Kier alpha value is -1.85. The maximum Gasteiger partial charge on any atom is 0.237 e. The quantitative estimate of drug-likeness (QED) is 0.778. The maximum absolute atomic E-state index is 11.3. The van der Waals surface area contributed by atoms with Gasteiger partial charge in [0, 0.05) is 11.0 Å². The summed E-state index contributed by atoms with van der Waals surface area (Å²) in [5.74, 6) is 0.439. The topological polar surface area (TPSA) is 64.3 Å². The second-order valence-corrected chi connectivity index (χ2v) is 6.82. The van der Waals surface area contributed by atoms with Gasteiger partial charge in [0.25, 0.3) is 0 Å². The van der Waals surface area contributed by atoms with E-state index in [0.29, 0.717) is 13.2 Å². The zero-order valence-electron chi connectivity index (χ0n) is 13.3. The van der Waals surface area contributed by atoms with Crippen LogP contribution in [-0.2, 0) is 17.9 Å². The first-order chi connectivity index (χ1) is 10.9. The largest absolute Gasteiger partial charge is 0.489 e. The van der Waals surface area contributed by atoms with Gasteiger partial charge >= 0.3 is 0 Å². The Morgan fingerprint density at radius 1 is 1.17 bits per heavy atom. The summed E-state index contributed by atoms with van der Waals surface area (Å²) < 4.78 is 6.81. The molecule has 0 bridgehead atoms. The summed E-state index contributed by atoms with van der Waals surface area (Å²) in [6.07, 6.45) is 0. The van der Waals surface area contributed by atoms with E-state index in [-0.39, 0.29) is 5.91 Å². The molecule has 4 nitrogen and oxygen atoms in total. The van der Waals surface area contributed by atoms with E-state index in [1.807, 2.05) is 48.5 Å². The van der Waals surface area contributed by atoms with Crippen molar-refractivity contribution in [3.63, 3.8) is 0 Å². The second-order valence-electron chi connectivity index (χ2n) is 5.91. The number of halogens is 1. The van der Waals surface area contributed by atoms with Crippen LogP contribution in [0.2, 0.25) is 0 Å². The van der Waals surface area contributed by atoms with Crippen molar-refractivity contribution >= 4 is 21.8 Å². The van der Waals surface area contributed by atoms with E-state index < -0.39 is 5.54 Å². The van der Waals surface area contributed by atoms with Crippen LogP contribution in [0.5, 0.6) is 5.75 Å². The van der Waals surface area contributed by atoms with Crippen molar-refractivity contribution in [2.24, 2.45) is 5.73 Å². The molecule has 2 rings (SSSR count). The number of hydrogen-bond acceptors (Lipinski definition) is 3. The zero-order chi connectivity index (χ0) is 16.9. The number of primary amides is 1. The highest BCUT2D eigenvalue weighted by Crippen LogP contribution is 2.17. The van der Waals surface area contributed by atoms with Gasteiger partial charge in [0.1, 0.15) is 12.4 Å². The number of nitrogens with two attached hydrogens (primary N) is 1. The van der Waals surface area contributed by atoms with Crippen molar-refractivity contribution in [2.45, 2.75) is 32.5 Å². The normalized spacial score (nSPS) is 11.3. The molecule has 0 aliphatic carbocycles. The predicted octanol–water partition coefficient (Wildman–Crippen LogP) is 3.38. The third-order valence-corrected chi connectivity index (χ3v) is 4.06. The molecule has 23 heavy (non-hydrogen) atoms. The van der Waals surface area contributed by atoms with Gasteiger partial charge in [-0.2, -0.15) is 0 Å². The lowest BCUT2D eigenvalue weighted by Gasteiger charge is -2.22. The van der Waals surface area contributed by atoms with Gasteiger partial charge in [0.15, 0.2) is 0 Å². The minimum Gasteiger partial charge on any atom is -0.489 e. The summed E-state index contributed by atoms with van der Waals surface area (Å²) >= 11 is 3.45. The van der Waals surface area contributed by atoms with Crippen LogP contribution in [0, 0.1) is 0 Å². The highest BCUT2D eigenvalue weighted by Gasteiger charge is 2.23. The van der Waals surface area contributed by atoms with Gasteiger partial charge in [-0.3, -0.25) is 10.1 Å². The van der Waals surface area contributed by atoms with E-state index in [1.54, 1.807) is 13.8 Å². The lowest BCUT2D eigenvalue weighted by Crippen LogP contribution is -2.50. The van der Waals surface area contributed by atoms with Crippen molar-refractivity contribution in [1.29, 1.82) is 0 Å². The van der Waals surface area contributed by atoms with E-state index in [1.165, 1.54) is 0 Å². The lowest BCUT2D eigenvalue weighted by atomic mass is 10.0. The number of ether oxygens (including phenoxy) is 1. The molecule has 0 fully saturated rings. The molecular formula is C18H21BrN2O2. The summed E-state index contributed by atoms with van der Waals surface area (Å²) in [6.45, 7) is 4.63. The first-order valence-electron chi connectivity index (χ1n) is 7.38. The summed E-state index contributed by atoms with van der Waals surface area (Å²) in [6, 6.07) is 15.8. The monoisotopic (exact) mass is 376 g/mol. The number of carbonyl (C=O) groups is 1. The van der Waals surface area contributed by atoms with E-state index in [9.17, 15) is 4.79 Å². The molecule has 0 spiro atoms. The maximum atomic E-state index is 11.3. The third-order valence-electron chi connectivity index (χ3n) is 3.57. The van der Waals surface area contributed by atoms with Gasteiger partial charge in [-0.05, 0) is 49.2 Å². The Morgan fingerprint density at radius 3 is 2.48 bits per heavy atom. The van der Waals surface area contributed by atoms with Crippen LogP contribution >= 0.6 is 15.9 Å². The van der Waals surface area contributed by atoms with Gasteiger partial charge < -0.3 is 10.5 Å². The van der Waals surface area contributed by atoms with Crippen molar-refractivity contribution in [3.05, 3.63) is 64.1 Å². The van der Waals surface area contributed by atoms with E-state index in [0.717, 1.165) is 21.3 Å². The van der Waals surface area contributed by atoms with Crippen molar-refractivity contribution in [3.8, 4) is 5.75 Å². The molecule has 5 heteroatoms. The highest BCUT2D eigenvalue weighted by molar-refractivity contribution is 9.10. The average molecular weight is 377 g/mol. The van der Waals surface area contributed by atoms with Crippen LogP contribution < -0.4 is 15.8 Å². The molecule has 0 saturated carbocycles. The smallest absolute Gasteiger partial charge is 0.237 e. The predicted molar refractivity (Wildman–Crippen MR) is 95.0 cm³/mol. The highest BCUT2D eigenvalue weighted by atomic mass is 79.9. The molecule has 122 valence electrons. The molecule has 0 unspecified atom stereocenters. The molecule has 0 heterocycles. The molecule has 0 radical (unpaired) electrons. The number of hydrogen-bond donors (Lipinski definition) is 2. The SMILES string of the molecule is CC(C)(NCc1ccc(OCc2cccc(Br)c2)cc1)C(N)=O. The number of nitrogens with one attached hydrogen (secondary N) is 1.